The highest BCUT2D eigenvalue weighted by atomic mass is 16.6. The number of aliphatic hydroxyl groups is 2. The Balaban J connectivity index is 1.76. The van der Waals surface area contributed by atoms with Gasteiger partial charge in [0.2, 0.25) is 23.6 Å². The maximum absolute atomic E-state index is 14.6. The molecule has 2 aliphatic rings. The number of likely N-dealkylation sites (N-methyl/N-ethyl adjacent to an activating group) is 2. The molecule has 0 bridgehead atoms. The van der Waals surface area contributed by atoms with E-state index >= 15 is 0 Å². The highest BCUT2D eigenvalue weighted by Gasteiger charge is 2.44. The van der Waals surface area contributed by atoms with Crippen LogP contribution in [0.2, 0.25) is 0 Å². The summed E-state index contributed by atoms with van der Waals surface area (Å²) in [6.45, 7) is 15.3. The normalized spacial score (nSPS) is 22.4. The summed E-state index contributed by atoms with van der Waals surface area (Å²) in [5.74, 6) is -2.55. The predicted octanol–water partition coefficient (Wildman–Crippen LogP) is 5.93. The Morgan fingerprint density at radius 2 is 1.57 bits per heavy atom. The molecule has 1 unspecified atom stereocenters. The quantitative estimate of drug-likeness (QED) is 0.108. The Kier molecular flexibility index (Phi) is 21.1. The fourth-order valence-corrected chi connectivity index (χ4v) is 8.90. The lowest BCUT2D eigenvalue weighted by atomic mass is 9.89. The summed E-state index contributed by atoms with van der Waals surface area (Å²) in [6, 6.07) is 5.68. The summed E-state index contributed by atoms with van der Waals surface area (Å²) in [4.78, 5) is 74.5. The average molecular weight is 884 g/mol. The SMILES string of the molecule is CC[C@H](C)[C@@H]([C@@H](CC(=O)N1CCC[C@H]1[C@H](OC)[C@@H](C)C(=O)N[C@H](C)[C@@H](O)c1ccccc1)OC)N(C)C(=O)C(NC(=O)[C@H](C(C)C)N(C)C(=O)O[C@H]1/C=C/CC/C(O)=C\C1)C(C)C. The predicted molar refractivity (Wildman–Crippen MR) is 242 cm³/mol. The molecule has 1 saturated heterocycles. The van der Waals surface area contributed by atoms with Crippen molar-refractivity contribution in [3.8, 4) is 0 Å². The molecular formula is C48H77N5O10. The van der Waals surface area contributed by atoms with Crippen molar-refractivity contribution in [2.75, 3.05) is 34.9 Å². The van der Waals surface area contributed by atoms with Crippen LogP contribution in [0, 0.1) is 23.7 Å². The van der Waals surface area contributed by atoms with Gasteiger partial charge in [-0.3, -0.25) is 24.1 Å². The number of ether oxygens (including phenoxy) is 3. The molecular weight excluding hydrogens is 807 g/mol. The summed E-state index contributed by atoms with van der Waals surface area (Å²) < 4.78 is 17.7. The minimum Gasteiger partial charge on any atom is -0.513 e. The van der Waals surface area contributed by atoms with Gasteiger partial charge in [-0.25, -0.2) is 4.79 Å². The fraction of sp³-hybridized carbons (Fsp3) is 0.688. The molecule has 1 heterocycles. The lowest BCUT2D eigenvalue weighted by molar-refractivity contribution is -0.148. The minimum absolute atomic E-state index is 0.0381. The third-order valence-electron chi connectivity index (χ3n) is 12.8. The van der Waals surface area contributed by atoms with Crippen LogP contribution >= 0.6 is 0 Å². The molecule has 0 radical (unpaired) electrons. The summed E-state index contributed by atoms with van der Waals surface area (Å²) in [5, 5.41) is 26.8. The van der Waals surface area contributed by atoms with Crippen LogP contribution in [0.4, 0.5) is 4.79 Å². The average Bonchev–Trinajstić information content (AvgIpc) is 3.74. The molecule has 0 saturated carbocycles. The lowest BCUT2D eigenvalue weighted by Gasteiger charge is -2.41. The van der Waals surface area contributed by atoms with Crippen molar-refractivity contribution in [1.82, 2.24) is 25.3 Å². The Morgan fingerprint density at radius 1 is 0.905 bits per heavy atom. The van der Waals surface area contributed by atoms with Crippen LogP contribution in [0.5, 0.6) is 0 Å². The van der Waals surface area contributed by atoms with Crippen LogP contribution in [0.25, 0.3) is 0 Å². The number of hydrogen-bond donors (Lipinski definition) is 4. The van der Waals surface area contributed by atoms with E-state index in [1.807, 2.05) is 65.8 Å². The molecule has 5 amide bonds. The van der Waals surface area contributed by atoms with Gasteiger partial charge in [-0.2, -0.15) is 0 Å². The van der Waals surface area contributed by atoms with Gasteiger partial charge in [0.15, 0.2) is 0 Å². The Bertz CT molecular complexity index is 1700. The van der Waals surface area contributed by atoms with E-state index in [4.69, 9.17) is 14.2 Å². The van der Waals surface area contributed by atoms with Gasteiger partial charge in [0.1, 0.15) is 18.2 Å². The number of nitrogens with one attached hydrogen (secondary N) is 2. The third kappa shape index (κ3) is 14.3. The van der Waals surface area contributed by atoms with Gasteiger partial charge in [-0.15, -0.1) is 0 Å². The van der Waals surface area contributed by atoms with Crippen molar-refractivity contribution in [2.45, 2.75) is 155 Å². The van der Waals surface area contributed by atoms with Crippen LogP contribution in [-0.4, -0.2) is 138 Å². The molecule has 354 valence electrons. The van der Waals surface area contributed by atoms with Crippen molar-refractivity contribution in [1.29, 1.82) is 0 Å². The number of carbonyl (C=O) groups excluding carboxylic acids is 5. The molecule has 3 rings (SSSR count). The smallest absolute Gasteiger partial charge is 0.410 e. The first-order valence-electron chi connectivity index (χ1n) is 22.7. The van der Waals surface area contributed by atoms with Crippen molar-refractivity contribution < 1.29 is 48.4 Å². The van der Waals surface area contributed by atoms with E-state index in [1.54, 1.807) is 55.0 Å². The first-order valence-corrected chi connectivity index (χ1v) is 22.7. The Morgan fingerprint density at radius 3 is 2.16 bits per heavy atom. The standard InChI is InChI=1S/C48H77N5O10/c1-13-31(6)42(51(9)47(59)40(29(2)3)50-46(58)41(30(4)5)52(10)48(60)63-36-23-18-17-22-35(54)25-26-36)38(61-11)28-39(55)53-27-19-24-37(53)44(62-12)32(7)45(57)49-33(8)43(56)34-20-15-14-16-21-34/h14-16,18,20-21,23,25,29-33,36-38,40-44,54,56H,13,17,19,22,24,26-28H2,1-12H3,(H,49,57)(H,50,58)/b23-18+,35-25+/t31-,32+,33+,36-,37-,38+,40?,41-,42-,43+,44+/m0/s1. The van der Waals surface area contributed by atoms with Crippen LogP contribution in [0.1, 0.15) is 112 Å². The molecule has 11 atom stereocenters. The first-order chi connectivity index (χ1) is 29.8. The molecule has 15 heteroatoms. The van der Waals surface area contributed by atoms with Crippen LogP contribution in [0.3, 0.4) is 0 Å². The molecule has 1 aliphatic carbocycles. The second kappa shape index (κ2) is 25.1. The zero-order chi connectivity index (χ0) is 47.1. The van der Waals surface area contributed by atoms with Crippen LogP contribution in [-0.2, 0) is 33.4 Å². The molecule has 1 aliphatic heterocycles. The molecule has 1 fully saturated rings. The second-order valence-corrected chi connectivity index (χ2v) is 18.1. The van der Waals surface area contributed by atoms with Gasteiger partial charge in [-0.1, -0.05) is 91.3 Å². The summed E-state index contributed by atoms with van der Waals surface area (Å²) in [6.07, 6.45) is 5.12. The molecule has 63 heavy (non-hydrogen) atoms. The number of allylic oxidation sites excluding steroid dienone is 2. The summed E-state index contributed by atoms with van der Waals surface area (Å²) in [5.41, 5.74) is 0.691. The maximum Gasteiger partial charge on any atom is 0.410 e. The van der Waals surface area contributed by atoms with E-state index in [0.29, 0.717) is 44.2 Å². The second-order valence-electron chi connectivity index (χ2n) is 18.1. The van der Waals surface area contributed by atoms with Gasteiger partial charge < -0.3 is 44.9 Å². The van der Waals surface area contributed by atoms with Gasteiger partial charge in [0.05, 0.1) is 54.5 Å². The van der Waals surface area contributed by atoms with Crippen LogP contribution < -0.4 is 10.6 Å². The number of aliphatic hydroxyl groups excluding tert-OH is 2. The van der Waals surface area contributed by atoms with E-state index in [-0.39, 0.29) is 53.7 Å². The number of methoxy groups -OCH3 is 2. The zero-order valence-electron chi connectivity index (χ0n) is 39.8. The monoisotopic (exact) mass is 884 g/mol. The van der Waals surface area contributed by atoms with Crippen molar-refractivity contribution in [2.24, 2.45) is 23.7 Å². The van der Waals surface area contributed by atoms with Crippen LogP contribution in [0.15, 0.2) is 54.3 Å². The fourth-order valence-electron chi connectivity index (χ4n) is 8.90. The number of hydrogen-bond acceptors (Lipinski definition) is 10. The molecule has 0 spiro atoms. The number of nitrogens with zero attached hydrogens (tertiary/aromatic N) is 3. The van der Waals surface area contributed by atoms with Crippen molar-refractivity contribution in [3.05, 3.63) is 59.9 Å². The molecule has 15 nitrogen and oxygen atoms in total. The van der Waals surface area contributed by atoms with Crippen molar-refractivity contribution >= 4 is 29.7 Å². The van der Waals surface area contributed by atoms with E-state index in [0.717, 1.165) is 6.42 Å². The number of amides is 5. The molecule has 4 N–H and O–H groups in total. The molecule has 1 aromatic carbocycles. The Labute approximate surface area is 375 Å². The first kappa shape index (κ1) is 52.9. The van der Waals surface area contributed by atoms with E-state index in [1.165, 1.54) is 26.2 Å². The van der Waals surface area contributed by atoms with E-state index in [2.05, 4.69) is 10.6 Å². The zero-order valence-corrected chi connectivity index (χ0v) is 39.8. The van der Waals surface area contributed by atoms with Crippen molar-refractivity contribution in [3.63, 3.8) is 0 Å². The summed E-state index contributed by atoms with van der Waals surface area (Å²) >= 11 is 0. The van der Waals surface area contributed by atoms with Gasteiger partial charge in [-0.05, 0) is 61.7 Å². The molecule has 0 aromatic heterocycles. The summed E-state index contributed by atoms with van der Waals surface area (Å²) in [7, 11) is 6.23. The van der Waals surface area contributed by atoms with Gasteiger partial charge >= 0.3 is 6.09 Å². The number of carbonyl (C=O) groups is 5. The lowest BCUT2D eigenvalue weighted by Crippen LogP contribution is -2.60. The number of likely N-dealkylation sites (tertiary alicyclic amines) is 1. The topological polar surface area (TPSA) is 187 Å². The van der Waals surface area contributed by atoms with Gasteiger partial charge in [0.25, 0.3) is 0 Å². The largest absolute Gasteiger partial charge is 0.513 e. The van der Waals surface area contributed by atoms with E-state index in [9.17, 15) is 34.2 Å². The molecule has 1 aromatic rings. The minimum atomic E-state index is -0.968. The highest BCUT2D eigenvalue weighted by molar-refractivity contribution is 5.92. The highest BCUT2D eigenvalue weighted by Crippen LogP contribution is 2.30. The van der Waals surface area contributed by atoms with Gasteiger partial charge in [0, 0.05) is 47.7 Å². The number of benzene rings is 1. The Hall–Kier alpha value is -4.47. The van der Waals surface area contributed by atoms with E-state index < -0.39 is 66.5 Å². The number of rotatable bonds is 21. The third-order valence-corrected chi connectivity index (χ3v) is 12.8. The maximum atomic E-state index is 14.6.